The maximum absolute atomic E-state index is 10.9. The third-order valence-electron chi connectivity index (χ3n) is 7.25. The van der Waals surface area contributed by atoms with Crippen molar-refractivity contribution in [3.05, 3.63) is 120 Å². The molecule has 4 aromatic carbocycles. The monoisotopic (exact) mass is 708 g/mol. The first-order valence-electron chi connectivity index (χ1n) is 16.1. The summed E-state index contributed by atoms with van der Waals surface area (Å²) >= 11 is 10.7. The molecular formula is C38H42Cl2N2O7. The number of anilines is 2. The van der Waals surface area contributed by atoms with Gasteiger partial charge >= 0.3 is 0 Å². The third kappa shape index (κ3) is 14.2. The van der Waals surface area contributed by atoms with Gasteiger partial charge < -0.3 is 33.5 Å². The Hall–Kier alpha value is -3.96. The number of rotatable bonds is 24. The molecule has 0 amide bonds. The molecular weight excluding hydrogens is 667 g/mol. The molecule has 11 heteroatoms. The van der Waals surface area contributed by atoms with Crippen molar-refractivity contribution in [3.63, 3.8) is 0 Å². The van der Waals surface area contributed by atoms with E-state index in [0.717, 1.165) is 22.5 Å². The van der Waals surface area contributed by atoms with Crippen LogP contribution in [0.2, 0.25) is 0 Å². The van der Waals surface area contributed by atoms with Crippen molar-refractivity contribution in [1.29, 1.82) is 0 Å². The van der Waals surface area contributed by atoms with Gasteiger partial charge in [-0.25, -0.2) is 0 Å². The molecule has 4 aromatic rings. The molecule has 0 radical (unpaired) electrons. The predicted molar refractivity (Wildman–Crippen MR) is 193 cm³/mol. The molecule has 0 bridgehead atoms. The van der Waals surface area contributed by atoms with Crippen LogP contribution in [-0.4, -0.2) is 76.4 Å². The summed E-state index contributed by atoms with van der Waals surface area (Å²) in [7, 11) is 0. The maximum atomic E-state index is 10.9. The van der Waals surface area contributed by atoms with Gasteiger partial charge in [-0.15, -0.1) is 0 Å². The number of hydrogen-bond donors (Lipinski definition) is 0. The number of carbonyl (C=O) groups excluding carboxylic acids is 2. The molecule has 0 unspecified atom stereocenters. The molecule has 0 N–H and O–H groups in total. The lowest BCUT2D eigenvalue weighted by Crippen LogP contribution is -2.28. The van der Waals surface area contributed by atoms with Gasteiger partial charge in [0.2, 0.25) is 10.5 Å². The van der Waals surface area contributed by atoms with E-state index in [0.29, 0.717) is 64.1 Å². The molecule has 0 aliphatic heterocycles. The zero-order valence-electron chi connectivity index (χ0n) is 27.4. The molecule has 0 fully saturated rings. The molecule has 49 heavy (non-hydrogen) atoms. The molecule has 0 heterocycles. The number of nitrogens with zero attached hydrogens (tertiary/aromatic N) is 2. The zero-order valence-corrected chi connectivity index (χ0v) is 28.9. The summed E-state index contributed by atoms with van der Waals surface area (Å²) in [6.45, 7) is 4.31. The van der Waals surface area contributed by atoms with Gasteiger partial charge in [0, 0.05) is 26.2 Å². The summed E-state index contributed by atoms with van der Waals surface area (Å²) in [5, 5.41) is -1.07. The van der Waals surface area contributed by atoms with Crippen molar-refractivity contribution in [2.24, 2.45) is 0 Å². The van der Waals surface area contributed by atoms with Crippen LogP contribution in [0.25, 0.3) is 0 Å². The lowest BCUT2D eigenvalue weighted by molar-refractivity contribution is -0.117. The van der Waals surface area contributed by atoms with E-state index in [1.165, 1.54) is 0 Å². The van der Waals surface area contributed by atoms with Crippen molar-refractivity contribution in [3.8, 4) is 11.5 Å². The summed E-state index contributed by atoms with van der Waals surface area (Å²) < 4.78 is 28.9. The molecule has 0 aliphatic carbocycles. The molecule has 0 saturated carbocycles. The average Bonchev–Trinajstić information content (AvgIpc) is 3.11. The highest BCUT2D eigenvalue weighted by Crippen LogP contribution is 2.38. The molecule has 0 saturated heterocycles. The average molecular weight is 710 g/mol. The Morgan fingerprint density at radius 2 is 0.837 bits per heavy atom. The van der Waals surface area contributed by atoms with Crippen molar-refractivity contribution in [2.75, 3.05) is 75.7 Å². The number of hydrogen-bond acceptors (Lipinski definition) is 9. The normalized spacial score (nSPS) is 10.9. The third-order valence-corrected chi connectivity index (χ3v) is 7.47. The summed E-state index contributed by atoms with van der Waals surface area (Å²) in [5.41, 5.74) is 4.13. The van der Waals surface area contributed by atoms with E-state index in [1.807, 2.05) is 84.9 Å². The van der Waals surface area contributed by atoms with Gasteiger partial charge in [-0.2, -0.15) is 0 Å². The van der Waals surface area contributed by atoms with Crippen LogP contribution in [0.1, 0.15) is 11.1 Å². The van der Waals surface area contributed by atoms with E-state index in [9.17, 15) is 9.59 Å². The lowest BCUT2D eigenvalue weighted by Gasteiger charge is -2.29. The number of para-hydroxylation sites is 4. The van der Waals surface area contributed by atoms with Crippen LogP contribution in [0.15, 0.2) is 109 Å². The first-order chi connectivity index (χ1) is 24.0. The first kappa shape index (κ1) is 37.9. The van der Waals surface area contributed by atoms with Crippen molar-refractivity contribution in [1.82, 2.24) is 0 Å². The van der Waals surface area contributed by atoms with Crippen LogP contribution in [0.4, 0.5) is 11.4 Å². The largest absolute Gasteiger partial charge is 0.453 e. The minimum Gasteiger partial charge on any atom is -0.453 e. The second-order valence-electron chi connectivity index (χ2n) is 10.9. The molecule has 260 valence electrons. The fourth-order valence-corrected chi connectivity index (χ4v) is 5.15. The summed E-state index contributed by atoms with van der Waals surface area (Å²) in [5.74, 6) is 1.41. The second-order valence-corrected chi connectivity index (χ2v) is 11.7. The van der Waals surface area contributed by atoms with Gasteiger partial charge in [0.25, 0.3) is 0 Å². The first-order valence-corrected chi connectivity index (χ1v) is 16.9. The van der Waals surface area contributed by atoms with Crippen LogP contribution in [0, 0.1) is 0 Å². The number of ether oxygens (including phenoxy) is 5. The molecule has 0 atom stereocenters. The van der Waals surface area contributed by atoms with Crippen LogP contribution in [0.5, 0.6) is 11.5 Å². The Bertz CT molecular complexity index is 1430. The standard InChI is InChI=1S/C38H42Cl2N2O7/c39-37(43)29-47-25-23-45-21-19-41(27-31-11-3-1-4-12-31)33-15-7-9-17-35(33)49-36-18-10-8-16-34(36)42(28-32-13-5-2-6-14-32)20-22-46-24-26-48-30-38(40)44/h1-18H,19-30H2. The second kappa shape index (κ2) is 21.9. The van der Waals surface area contributed by atoms with Gasteiger partial charge in [-0.1, -0.05) is 84.9 Å². The quantitative estimate of drug-likeness (QED) is 0.0559. The lowest BCUT2D eigenvalue weighted by atomic mass is 10.1. The van der Waals surface area contributed by atoms with Crippen LogP contribution >= 0.6 is 23.2 Å². The Balaban J connectivity index is 1.51. The highest BCUT2D eigenvalue weighted by atomic mass is 35.5. The smallest absolute Gasteiger partial charge is 0.247 e. The number of carbonyl (C=O) groups is 2. The molecule has 9 nitrogen and oxygen atoms in total. The van der Waals surface area contributed by atoms with Gasteiger partial charge in [0.1, 0.15) is 13.2 Å². The van der Waals surface area contributed by atoms with Gasteiger partial charge in [-0.05, 0) is 58.6 Å². The van der Waals surface area contributed by atoms with Crippen molar-refractivity contribution < 1.29 is 33.3 Å². The summed E-state index contributed by atoms with van der Waals surface area (Å²) in [6, 6.07) is 36.4. The highest BCUT2D eigenvalue weighted by Gasteiger charge is 2.18. The van der Waals surface area contributed by atoms with Crippen LogP contribution in [0.3, 0.4) is 0 Å². The van der Waals surface area contributed by atoms with Gasteiger partial charge in [-0.3, -0.25) is 9.59 Å². The van der Waals surface area contributed by atoms with Crippen LogP contribution in [-0.2, 0) is 41.6 Å². The van der Waals surface area contributed by atoms with E-state index in [4.69, 9.17) is 46.9 Å². The Morgan fingerprint density at radius 1 is 0.469 bits per heavy atom. The molecule has 4 rings (SSSR count). The Kier molecular flexibility index (Phi) is 16.9. The number of halogens is 2. The van der Waals surface area contributed by atoms with E-state index in [2.05, 4.69) is 34.1 Å². The summed E-state index contributed by atoms with van der Waals surface area (Å²) in [6.07, 6.45) is 0. The maximum Gasteiger partial charge on any atom is 0.247 e. The molecule has 0 aromatic heterocycles. The van der Waals surface area contributed by atoms with Gasteiger partial charge in [0.05, 0.1) is 51.0 Å². The topological polar surface area (TPSA) is 86.8 Å². The molecule has 0 aliphatic rings. The van der Waals surface area contributed by atoms with E-state index in [-0.39, 0.29) is 26.4 Å². The van der Waals surface area contributed by atoms with Crippen LogP contribution < -0.4 is 14.5 Å². The fourth-order valence-electron chi connectivity index (χ4n) is 5.00. The predicted octanol–water partition coefficient (Wildman–Crippen LogP) is 7.09. The minimum absolute atomic E-state index is 0.139. The van der Waals surface area contributed by atoms with E-state index >= 15 is 0 Å². The Labute approximate surface area is 298 Å². The van der Waals surface area contributed by atoms with E-state index in [1.54, 1.807) is 0 Å². The SMILES string of the molecule is O=C(Cl)COCCOCCN(Cc1ccccc1)c1ccccc1Oc1ccccc1N(CCOCCOCC(=O)Cl)Cc1ccccc1. The Morgan fingerprint density at radius 3 is 1.24 bits per heavy atom. The minimum atomic E-state index is -0.535. The van der Waals surface area contributed by atoms with Gasteiger partial charge in [0.15, 0.2) is 11.5 Å². The van der Waals surface area contributed by atoms with Crippen molar-refractivity contribution in [2.45, 2.75) is 13.1 Å². The highest BCUT2D eigenvalue weighted by molar-refractivity contribution is 6.64. The van der Waals surface area contributed by atoms with Crippen molar-refractivity contribution >= 4 is 45.1 Å². The zero-order chi connectivity index (χ0) is 34.5. The van der Waals surface area contributed by atoms with E-state index < -0.39 is 10.5 Å². The summed E-state index contributed by atoms with van der Waals surface area (Å²) in [4.78, 5) is 26.3. The number of benzene rings is 4. The molecule has 0 spiro atoms. The fraction of sp³-hybridized carbons (Fsp3) is 0.316.